The molecule has 0 spiro atoms. The van der Waals surface area contributed by atoms with Crippen molar-refractivity contribution in [2.75, 3.05) is 6.61 Å². The van der Waals surface area contributed by atoms with Crippen molar-refractivity contribution in [3.8, 4) is 11.5 Å². The standard InChI is InChI=1S/C13H12ClNO2/c14-12-9-15-7-5-13(12)17-11-3-1-10(2-4-11)6-8-16/h1-5,7,9,16H,6,8H2. The number of rotatable bonds is 4. The highest BCUT2D eigenvalue weighted by atomic mass is 35.5. The highest BCUT2D eigenvalue weighted by molar-refractivity contribution is 6.31. The lowest BCUT2D eigenvalue weighted by molar-refractivity contribution is 0.299. The van der Waals surface area contributed by atoms with Gasteiger partial charge in [0, 0.05) is 25.1 Å². The zero-order valence-corrected chi connectivity index (χ0v) is 9.89. The molecule has 17 heavy (non-hydrogen) atoms. The molecule has 0 aliphatic heterocycles. The van der Waals surface area contributed by atoms with Crippen LogP contribution in [-0.2, 0) is 6.42 Å². The average molecular weight is 250 g/mol. The first-order valence-corrected chi connectivity index (χ1v) is 5.64. The molecule has 88 valence electrons. The van der Waals surface area contributed by atoms with E-state index < -0.39 is 0 Å². The third kappa shape index (κ3) is 3.19. The van der Waals surface area contributed by atoms with E-state index in [0.717, 1.165) is 5.56 Å². The lowest BCUT2D eigenvalue weighted by atomic mass is 10.1. The van der Waals surface area contributed by atoms with Gasteiger partial charge in [0.25, 0.3) is 0 Å². The Kier molecular flexibility index (Phi) is 3.96. The molecule has 1 aromatic heterocycles. The minimum absolute atomic E-state index is 0.149. The van der Waals surface area contributed by atoms with Crippen LogP contribution in [0.2, 0.25) is 5.02 Å². The number of halogens is 1. The topological polar surface area (TPSA) is 42.4 Å². The summed E-state index contributed by atoms with van der Waals surface area (Å²) in [5.41, 5.74) is 1.07. The number of hydrogen-bond donors (Lipinski definition) is 1. The van der Waals surface area contributed by atoms with Crippen LogP contribution in [0.15, 0.2) is 42.7 Å². The van der Waals surface area contributed by atoms with Crippen molar-refractivity contribution >= 4 is 11.6 Å². The highest BCUT2D eigenvalue weighted by Crippen LogP contribution is 2.27. The van der Waals surface area contributed by atoms with Crippen molar-refractivity contribution in [1.82, 2.24) is 4.98 Å². The fraction of sp³-hybridized carbons (Fsp3) is 0.154. The van der Waals surface area contributed by atoms with Gasteiger partial charge in [-0.2, -0.15) is 0 Å². The Balaban J connectivity index is 2.11. The molecular weight excluding hydrogens is 238 g/mol. The molecule has 0 saturated carbocycles. The number of ether oxygens (including phenoxy) is 1. The van der Waals surface area contributed by atoms with Crippen LogP contribution >= 0.6 is 11.6 Å². The third-order valence-corrected chi connectivity index (χ3v) is 2.57. The molecule has 4 heteroatoms. The Morgan fingerprint density at radius 1 is 1.18 bits per heavy atom. The van der Waals surface area contributed by atoms with Gasteiger partial charge in [0.15, 0.2) is 0 Å². The molecule has 1 N–H and O–H groups in total. The minimum atomic E-state index is 0.149. The van der Waals surface area contributed by atoms with Crippen LogP contribution in [-0.4, -0.2) is 16.7 Å². The quantitative estimate of drug-likeness (QED) is 0.906. The largest absolute Gasteiger partial charge is 0.456 e. The van der Waals surface area contributed by atoms with E-state index in [-0.39, 0.29) is 6.61 Å². The van der Waals surface area contributed by atoms with Crippen molar-refractivity contribution in [2.45, 2.75) is 6.42 Å². The van der Waals surface area contributed by atoms with Crippen LogP contribution in [0.5, 0.6) is 11.5 Å². The Morgan fingerprint density at radius 2 is 1.94 bits per heavy atom. The van der Waals surface area contributed by atoms with E-state index in [4.69, 9.17) is 21.4 Å². The van der Waals surface area contributed by atoms with Crippen LogP contribution in [0.1, 0.15) is 5.56 Å². The smallest absolute Gasteiger partial charge is 0.149 e. The van der Waals surface area contributed by atoms with Gasteiger partial charge in [0.05, 0.1) is 0 Å². The molecule has 1 heterocycles. The van der Waals surface area contributed by atoms with Gasteiger partial charge in [-0.25, -0.2) is 0 Å². The summed E-state index contributed by atoms with van der Waals surface area (Å²) in [4.78, 5) is 3.89. The summed E-state index contributed by atoms with van der Waals surface area (Å²) in [7, 11) is 0. The van der Waals surface area contributed by atoms with Crippen LogP contribution in [0, 0.1) is 0 Å². The predicted octanol–water partition coefficient (Wildman–Crippen LogP) is 3.06. The van der Waals surface area contributed by atoms with Crippen LogP contribution in [0.3, 0.4) is 0 Å². The summed E-state index contributed by atoms with van der Waals surface area (Å²) >= 11 is 5.93. The third-order valence-electron chi connectivity index (χ3n) is 2.29. The summed E-state index contributed by atoms with van der Waals surface area (Å²) in [5.74, 6) is 1.29. The van der Waals surface area contributed by atoms with Gasteiger partial charge < -0.3 is 9.84 Å². The second kappa shape index (κ2) is 5.66. The number of aromatic nitrogens is 1. The summed E-state index contributed by atoms with van der Waals surface area (Å²) in [6.45, 7) is 0.149. The van der Waals surface area contributed by atoms with E-state index in [1.807, 2.05) is 24.3 Å². The highest BCUT2D eigenvalue weighted by Gasteiger charge is 2.02. The van der Waals surface area contributed by atoms with Crippen LogP contribution in [0.4, 0.5) is 0 Å². The predicted molar refractivity (Wildman–Crippen MR) is 66.6 cm³/mol. The molecule has 1 aromatic carbocycles. The lowest BCUT2D eigenvalue weighted by Crippen LogP contribution is -1.91. The number of nitrogens with zero attached hydrogens (tertiary/aromatic N) is 1. The summed E-state index contributed by atoms with van der Waals surface area (Å²) < 4.78 is 5.61. The van der Waals surface area contributed by atoms with E-state index in [2.05, 4.69) is 4.98 Å². The summed E-state index contributed by atoms with van der Waals surface area (Å²) in [6.07, 6.45) is 3.81. The number of pyridine rings is 1. The van der Waals surface area contributed by atoms with Gasteiger partial charge in [-0.05, 0) is 24.1 Å². The summed E-state index contributed by atoms with van der Waals surface area (Å²) in [5, 5.41) is 9.28. The van der Waals surface area contributed by atoms with Gasteiger partial charge in [0.2, 0.25) is 0 Å². The average Bonchev–Trinajstić information content (AvgIpc) is 2.35. The maximum atomic E-state index is 8.80. The zero-order valence-electron chi connectivity index (χ0n) is 9.14. The molecular formula is C13H12ClNO2. The lowest BCUT2D eigenvalue weighted by Gasteiger charge is -2.07. The normalized spacial score (nSPS) is 10.2. The molecule has 0 amide bonds. The fourth-order valence-electron chi connectivity index (χ4n) is 1.43. The molecule has 0 atom stereocenters. The number of aliphatic hydroxyl groups is 1. The van der Waals surface area contributed by atoms with E-state index in [1.165, 1.54) is 6.20 Å². The van der Waals surface area contributed by atoms with Crippen molar-refractivity contribution in [1.29, 1.82) is 0 Å². The van der Waals surface area contributed by atoms with Crippen molar-refractivity contribution in [2.24, 2.45) is 0 Å². The summed E-state index contributed by atoms with van der Waals surface area (Å²) in [6, 6.07) is 9.24. The first-order chi connectivity index (χ1) is 8.29. The zero-order chi connectivity index (χ0) is 12.1. The maximum Gasteiger partial charge on any atom is 0.149 e. The van der Waals surface area contributed by atoms with Gasteiger partial charge in [-0.15, -0.1) is 0 Å². The minimum Gasteiger partial charge on any atom is -0.456 e. The second-order valence-corrected chi connectivity index (χ2v) is 3.93. The van der Waals surface area contributed by atoms with Crippen LogP contribution in [0.25, 0.3) is 0 Å². The molecule has 3 nitrogen and oxygen atoms in total. The Morgan fingerprint density at radius 3 is 2.59 bits per heavy atom. The first kappa shape index (κ1) is 11.9. The molecule has 0 bridgehead atoms. The molecule has 0 saturated heterocycles. The molecule has 0 unspecified atom stereocenters. The van der Waals surface area contributed by atoms with Crippen molar-refractivity contribution in [3.63, 3.8) is 0 Å². The monoisotopic (exact) mass is 249 g/mol. The Labute approximate surface area is 105 Å². The number of aliphatic hydroxyl groups excluding tert-OH is 1. The molecule has 0 fully saturated rings. The molecule has 0 aliphatic carbocycles. The molecule has 0 radical (unpaired) electrons. The molecule has 2 aromatic rings. The van der Waals surface area contributed by atoms with E-state index >= 15 is 0 Å². The molecule has 2 rings (SSSR count). The van der Waals surface area contributed by atoms with Crippen molar-refractivity contribution < 1.29 is 9.84 Å². The second-order valence-electron chi connectivity index (χ2n) is 3.53. The fourth-order valence-corrected chi connectivity index (χ4v) is 1.58. The Hall–Kier alpha value is -1.58. The maximum absolute atomic E-state index is 8.80. The molecule has 0 aliphatic rings. The van der Waals surface area contributed by atoms with Crippen LogP contribution < -0.4 is 4.74 Å². The Bertz CT molecular complexity index is 485. The van der Waals surface area contributed by atoms with E-state index in [1.54, 1.807) is 12.3 Å². The van der Waals surface area contributed by atoms with E-state index in [0.29, 0.717) is 22.9 Å². The number of benzene rings is 1. The van der Waals surface area contributed by atoms with Gasteiger partial charge >= 0.3 is 0 Å². The first-order valence-electron chi connectivity index (χ1n) is 5.27. The SMILES string of the molecule is OCCc1ccc(Oc2ccncc2Cl)cc1. The van der Waals surface area contributed by atoms with Gasteiger partial charge in [-0.3, -0.25) is 4.98 Å². The van der Waals surface area contributed by atoms with Gasteiger partial charge in [0.1, 0.15) is 16.5 Å². The van der Waals surface area contributed by atoms with Gasteiger partial charge in [-0.1, -0.05) is 23.7 Å². The van der Waals surface area contributed by atoms with E-state index in [9.17, 15) is 0 Å². The van der Waals surface area contributed by atoms with Crippen molar-refractivity contribution in [3.05, 3.63) is 53.3 Å². The number of hydrogen-bond acceptors (Lipinski definition) is 3.